The molecule has 0 heterocycles. The largest absolute Gasteiger partial charge is 0.481 e. The molecule has 0 aromatic heterocycles. The summed E-state index contributed by atoms with van der Waals surface area (Å²) in [5.41, 5.74) is 4.53. The molecule has 8 nitrogen and oxygen atoms in total. The molecule has 0 spiro atoms. The Hall–Kier alpha value is -3.39. The van der Waals surface area contributed by atoms with Gasteiger partial charge in [-0.1, -0.05) is 61.4 Å². The molecule has 2 aromatic carbocycles. The number of alkyl carbamates (subject to hydrolysis) is 1. The maximum Gasteiger partial charge on any atom is 0.407 e. The Morgan fingerprint density at radius 3 is 2.15 bits per heavy atom. The molecule has 34 heavy (non-hydrogen) atoms. The monoisotopic (exact) mass is 468 g/mol. The molecule has 1 unspecified atom stereocenters. The van der Waals surface area contributed by atoms with Crippen LogP contribution in [0.3, 0.4) is 0 Å². The number of nitrogens with one attached hydrogen (secondary N) is 2. The van der Waals surface area contributed by atoms with Gasteiger partial charge in [0.25, 0.3) is 0 Å². The molecule has 0 fully saturated rings. The van der Waals surface area contributed by atoms with E-state index in [2.05, 4.69) is 22.8 Å². The lowest BCUT2D eigenvalue weighted by molar-refractivity contribution is -0.137. The average molecular weight is 469 g/mol. The summed E-state index contributed by atoms with van der Waals surface area (Å²) in [6.45, 7) is 0.570. The smallest absolute Gasteiger partial charge is 0.407 e. The number of unbranched alkanes of at least 4 members (excludes halogenated alkanes) is 3. The van der Waals surface area contributed by atoms with Crippen LogP contribution in [0.15, 0.2) is 48.5 Å². The van der Waals surface area contributed by atoms with Gasteiger partial charge in [-0.15, -0.1) is 0 Å². The van der Waals surface area contributed by atoms with Crippen LogP contribution in [0, 0.1) is 0 Å². The van der Waals surface area contributed by atoms with Gasteiger partial charge in [-0.3, -0.25) is 9.59 Å². The van der Waals surface area contributed by atoms with Gasteiger partial charge in [0.05, 0.1) is 12.5 Å². The summed E-state index contributed by atoms with van der Waals surface area (Å²) in [7, 11) is 0. The van der Waals surface area contributed by atoms with E-state index in [-0.39, 0.29) is 37.8 Å². The maximum absolute atomic E-state index is 12.2. The first-order valence-corrected chi connectivity index (χ1v) is 11.7. The first-order chi connectivity index (χ1) is 16.5. The number of carbonyl (C=O) groups excluding carboxylic acids is 2. The summed E-state index contributed by atoms with van der Waals surface area (Å²) in [6, 6.07) is 16.1. The van der Waals surface area contributed by atoms with Crippen LogP contribution in [-0.4, -0.2) is 54.0 Å². The van der Waals surface area contributed by atoms with Crippen LogP contribution in [-0.2, 0) is 14.3 Å². The lowest BCUT2D eigenvalue weighted by Gasteiger charge is -2.16. The Bertz CT molecular complexity index is 947. The molecule has 2 aromatic rings. The Labute approximate surface area is 199 Å². The van der Waals surface area contributed by atoms with E-state index in [1.165, 1.54) is 0 Å². The number of amides is 2. The van der Waals surface area contributed by atoms with E-state index in [4.69, 9.17) is 9.84 Å². The van der Waals surface area contributed by atoms with Gasteiger partial charge in [0.2, 0.25) is 5.91 Å². The molecule has 1 atom stereocenters. The zero-order valence-corrected chi connectivity index (χ0v) is 19.2. The molecule has 0 saturated carbocycles. The summed E-state index contributed by atoms with van der Waals surface area (Å²) in [6.07, 6.45) is 1.40. The molecule has 1 aliphatic rings. The van der Waals surface area contributed by atoms with E-state index in [1.807, 2.05) is 36.4 Å². The van der Waals surface area contributed by atoms with Crippen molar-refractivity contribution in [3.63, 3.8) is 0 Å². The van der Waals surface area contributed by atoms with Crippen molar-refractivity contribution in [2.45, 2.75) is 50.5 Å². The summed E-state index contributed by atoms with van der Waals surface area (Å²) >= 11 is 0. The third kappa shape index (κ3) is 7.31. The molecule has 1 aliphatic carbocycles. The number of hydrogen-bond acceptors (Lipinski definition) is 5. The Kier molecular flexibility index (Phi) is 9.46. The van der Waals surface area contributed by atoms with Crippen LogP contribution in [0.1, 0.15) is 55.6 Å². The van der Waals surface area contributed by atoms with E-state index >= 15 is 0 Å². The third-order valence-corrected chi connectivity index (χ3v) is 5.89. The van der Waals surface area contributed by atoms with E-state index in [9.17, 15) is 19.5 Å². The molecule has 182 valence electrons. The van der Waals surface area contributed by atoms with Gasteiger partial charge >= 0.3 is 12.1 Å². The summed E-state index contributed by atoms with van der Waals surface area (Å²) in [4.78, 5) is 34.5. The number of benzene rings is 2. The first-order valence-electron chi connectivity index (χ1n) is 11.7. The molecule has 0 bridgehead atoms. The molecular formula is C26H32N2O6. The normalized spacial score (nSPS) is 13.0. The predicted octanol–water partition coefficient (Wildman–Crippen LogP) is 3.43. The highest BCUT2D eigenvalue weighted by Crippen LogP contribution is 2.44. The molecule has 3 rings (SSSR count). The van der Waals surface area contributed by atoms with Crippen LogP contribution in [0.25, 0.3) is 11.1 Å². The number of carbonyl (C=O) groups is 3. The number of hydrogen-bond donors (Lipinski definition) is 4. The van der Waals surface area contributed by atoms with E-state index in [0.717, 1.165) is 41.5 Å². The van der Waals surface area contributed by atoms with Gasteiger partial charge in [-0.2, -0.15) is 0 Å². The molecule has 0 saturated heterocycles. The van der Waals surface area contributed by atoms with Gasteiger partial charge in [0, 0.05) is 25.4 Å². The Balaban J connectivity index is 1.32. The zero-order valence-electron chi connectivity index (χ0n) is 19.2. The van der Waals surface area contributed by atoms with Crippen molar-refractivity contribution in [3.05, 3.63) is 59.7 Å². The number of fused-ring (bicyclic) bond motifs is 3. The second kappa shape index (κ2) is 12.7. The van der Waals surface area contributed by atoms with Crippen molar-refractivity contribution in [1.82, 2.24) is 10.6 Å². The van der Waals surface area contributed by atoms with Gasteiger partial charge in [0.15, 0.2) is 0 Å². The highest BCUT2D eigenvalue weighted by Gasteiger charge is 2.29. The zero-order chi connectivity index (χ0) is 24.3. The molecule has 2 amide bonds. The van der Waals surface area contributed by atoms with E-state index in [1.54, 1.807) is 0 Å². The number of aliphatic hydroxyl groups is 1. The standard InChI is InChI=1S/C26H32N2O6/c29-18(15-24(30)27-14-8-2-1-3-13-25(31)32)16-28-26(33)34-17-23-21-11-6-4-9-19(21)20-10-5-7-12-22(20)23/h4-7,9-12,18,23,29H,1-3,8,13-17H2,(H,27,30)(H,28,33)(H,31,32). The highest BCUT2D eigenvalue weighted by molar-refractivity contribution is 5.79. The minimum Gasteiger partial charge on any atom is -0.481 e. The third-order valence-electron chi connectivity index (χ3n) is 5.89. The topological polar surface area (TPSA) is 125 Å². The van der Waals surface area contributed by atoms with Crippen molar-refractivity contribution in [3.8, 4) is 11.1 Å². The Morgan fingerprint density at radius 2 is 1.50 bits per heavy atom. The van der Waals surface area contributed by atoms with Crippen molar-refractivity contribution < 1.29 is 29.3 Å². The molecule has 0 radical (unpaired) electrons. The molecule has 4 N–H and O–H groups in total. The van der Waals surface area contributed by atoms with Crippen molar-refractivity contribution >= 4 is 18.0 Å². The van der Waals surface area contributed by atoms with Gasteiger partial charge in [-0.05, 0) is 35.1 Å². The lowest BCUT2D eigenvalue weighted by Crippen LogP contribution is -2.36. The first kappa shape index (κ1) is 25.2. The number of aliphatic carboxylic acids is 1. The second-order valence-corrected chi connectivity index (χ2v) is 8.47. The van der Waals surface area contributed by atoms with Gasteiger partial charge in [0.1, 0.15) is 6.61 Å². The van der Waals surface area contributed by atoms with Crippen LogP contribution in [0.5, 0.6) is 0 Å². The summed E-state index contributed by atoms with van der Waals surface area (Å²) in [5, 5.41) is 23.9. The number of aliphatic hydroxyl groups excluding tert-OH is 1. The fourth-order valence-corrected chi connectivity index (χ4v) is 4.19. The fraction of sp³-hybridized carbons (Fsp3) is 0.423. The number of carboxylic acid groups (broad SMARTS) is 1. The fourth-order valence-electron chi connectivity index (χ4n) is 4.19. The van der Waals surface area contributed by atoms with Crippen molar-refractivity contribution in [2.75, 3.05) is 19.7 Å². The highest BCUT2D eigenvalue weighted by atomic mass is 16.5. The quantitative estimate of drug-likeness (QED) is 0.334. The van der Waals surface area contributed by atoms with Gasteiger partial charge in [-0.25, -0.2) is 4.79 Å². The Morgan fingerprint density at radius 1 is 0.882 bits per heavy atom. The van der Waals surface area contributed by atoms with Crippen LogP contribution in [0.2, 0.25) is 0 Å². The lowest BCUT2D eigenvalue weighted by atomic mass is 9.98. The van der Waals surface area contributed by atoms with Crippen molar-refractivity contribution in [2.24, 2.45) is 0 Å². The SMILES string of the molecule is O=C(O)CCCCCCNC(=O)CC(O)CNC(=O)OCC1c2ccccc2-c2ccccc21. The maximum atomic E-state index is 12.2. The van der Waals surface area contributed by atoms with Crippen LogP contribution < -0.4 is 10.6 Å². The molecular weight excluding hydrogens is 436 g/mol. The number of carboxylic acids is 1. The van der Waals surface area contributed by atoms with Crippen LogP contribution >= 0.6 is 0 Å². The minimum atomic E-state index is -1.02. The summed E-state index contributed by atoms with van der Waals surface area (Å²) < 4.78 is 5.42. The van der Waals surface area contributed by atoms with Crippen molar-refractivity contribution in [1.29, 1.82) is 0 Å². The molecule has 8 heteroatoms. The van der Waals surface area contributed by atoms with Crippen LogP contribution in [0.4, 0.5) is 4.79 Å². The predicted molar refractivity (Wildman–Crippen MR) is 127 cm³/mol. The second-order valence-electron chi connectivity index (χ2n) is 8.47. The van der Waals surface area contributed by atoms with Gasteiger partial charge < -0.3 is 25.6 Å². The van der Waals surface area contributed by atoms with E-state index < -0.39 is 18.2 Å². The minimum absolute atomic E-state index is 0.0435. The number of ether oxygens (including phenoxy) is 1. The summed E-state index contributed by atoms with van der Waals surface area (Å²) in [5.74, 6) is -1.14. The number of rotatable bonds is 13. The molecule has 0 aliphatic heterocycles. The average Bonchev–Trinajstić information content (AvgIpc) is 3.14. The van der Waals surface area contributed by atoms with E-state index in [0.29, 0.717) is 13.0 Å².